The number of nitrogens with one attached hydrogen (secondary N) is 1. The summed E-state index contributed by atoms with van der Waals surface area (Å²) >= 11 is 0. The summed E-state index contributed by atoms with van der Waals surface area (Å²) in [6.07, 6.45) is 3.70. The van der Waals surface area contributed by atoms with E-state index in [0.717, 1.165) is 44.4 Å². The third-order valence-corrected chi connectivity index (χ3v) is 4.79. The lowest BCUT2D eigenvalue weighted by Gasteiger charge is -2.25. The van der Waals surface area contributed by atoms with E-state index in [-0.39, 0.29) is 24.0 Å². The van der Waals surface area contributed by atoms with Crippen LogP contribution in [0.4, 0.5) is 0 Å². The lowest BCUT2D eigenvalue weighted by molar-refractivity contribution is 0.128. The Morgan fingerprint density at radius 3 is 2.42 bits per heavy atom. The normalized spacial score (nSPS) is 15.2. The van der Waals surface area contributed by atoms with Gasteiger partial charge in [0.1, 0.15) is 5.75 Å². The largest absolute Gasteiger partial charge is 0.494 e. The summed E-state index contributed by atoms with van der Waals surface area (Å²) < 4.78 is 11.0. The van der Waals surface area contributed by atoms with Gasteiger partial charge in [-0.2, -0.15) is 0 Å². The van der Waals surface area contributed by atoms with E-state index >= 15 is 0 Å². The second-order valence-corrected chi connectivity index (χ2v) is 6.78. The van der Waals surface area contributed by atoms with Crippen LogP contribution in [-0.4, -0.2) is 51.3 Å². The second-order valence-electron chi connectivity index (χ2n) is 6.78. The molecule has 1 aromatic carbocycles. The minimum Gasteiger partial charge on any atom is -0.494 e. The summed E-state index contributed by atoms with van der Waals surface area (Å²) in [5.74, 6) is 1.86. The highest BCUT2D eigenvalue weighted by molar-refractivity contribution is 14.0. The zero-order chi connectivity index (χ0) is 18.1. The first-order valence-corrected chi connectivity index (χ1v) is 9.33. The molecule has 26 heavy (non-hydrogen) atoms. The van der Waals surface area contributed by atoms with Gasteiger partial charge in [-0.3, -0.25) is 4.99 Å². The monoisotopic (exact) mass is 475 g/mol. The summed E-state index contributed by atoms with van der Waals surface area (Å²) in [4.78, 5) is 6.59. The van der Waals surface area contributed by atoms with Crippen molar-refractivity contribution in [1.29, 1.82) is 0 Å². The van der Waals surface area contributed by atoms with Gasteiger partial charge < -0.3 is 19.7 Å². The molecular weight excluding hydrogens is 441 g/mol. The van der Waals surface area contributed by atoms with Crippen LogP contribution >= 0.6 is 24.0 Å². The highest BCUT2D eigenvalue weighted by Gasteiger charge is 2.42. The molecule has 1 aliphatic carbocycles. The molecule has 0 aromatic heterocycles. The number of rotatable bonds is 10. The minimum absolute atomic E-state index is 0. The van der Waals surface area contributed by atoms with E-state index in [4.69, 9.17) is 9.47 Å². The van der Waals surface area contributed by atoms with Crippen molar-refractivity contribution in [3.63, 3.8) is 0 Å². The van der Waals surface area contributed by atoms with E-state index in [1.54, 1.807) is 0 Å². The van der Waals surface area contributed by atoms with Gasteiger partial charge in [-0.05, 0) is 56.2 Å². The molecule has 1 aliphatic rings. The first-order chi connectivity index (χ1) is 12.1. The Hall–Kier alpha value is -1.02. The Balaban J connectivity index is 0.00000338. The molecule has 0 saturated heterocycles. The number of nitrogens with zero attached hydrogens (tertiary/aromatic N) is 2. The molecule has 0 spiro atoms. The smallest absolute Gasteiger partial charge is 0.193 e. The molecule has 1 N–H and O–H groups in total. The summed E-state index contributed by atoms with van der Waals surface area (Å²) in [5.41, 5.74) is 1.65. The molecular formula is C20H34IN3O2. The molecule has 0 radical (unpaired) electrons. The Bertz CT molecular complexity index is 544. The SMILES string of the molecule is CCOCCC1(CNC(=NC)N(C)Cc2ccc(OCC)cc2)CC1.I. The van der Waals surface area contributed by atoms with Crippen molar-refractivity contribution in [3.8, 4) is 5.75 Å². The van der Waals surface area contributed by atoms with Crippen LogP contribution in [0.3, 0.4) is 0 Å². The van der Waals surface area contributed by atoms with Gasteiger partial charge in [0.05, 0.1) is 6.61 Å². The highest BCUT2D eigenvalue weighted by Crippen LogP contribution is 2.48. The van der Waals surface area contributed by atoms with Crippen LogP contribution in [0.2, 0.25) is 0 Å². The van der Waals surface area contributed by atoms with Gasteiger partial charge in [0.25, 0.3) is 0 Å². The van der Waals surface area contributed by atoms with E-state index < -0.39 is 0 Å². The fourth-order valence-corrected chi connectivity index (χ4v) is 2.98. The van der Waals surface area contributed by atoms with Gasteiger partial charge in [-0.15, -0.1) is 24.0 Å². The van der Waals surface area contributed by atoms with Crippen molar-refractivity contribution >= 4 is 29.9 Å². The molecule has 148 valence electrons. The summed E-state index contributed by atoms with van der Waals surface area (Å²) in [6, 6.07) is 8.27. The van der Waals surface area contributed by atoms with Crippen LogP contribution < -0.4 is 10.1 Å². The van der Waals surface area contributed by atoms with Crippen LogP contribution in [0, 0.1) is 5.41 Å². The predicted octanol–water partition coefficient (Wildman–Crippen LogP) is 3.92. The molecule has 1 saturated carbocycles. The number of halogens is 1. The lowest BCUT2D eigenvalue weighted by atomic mass is 10.0. The highest BCUT2D eigenvalue weighted by atomic mass is 127. The van der Waals surface area contributed by atoms with Gasteiger partial charge in [-0.25, -0.2) is 0 Å². The fraction of sp³-hybridized carbons (Fsp3) is 0.650. The molecule has 5 nitrogen and oxygen atoms in total. The van der Waals surface area contributed by atoms with Crippen LogP contribution in [0.15, 0.2) is 29.3 Å². The number of guanidine groups is 1. The molecule has 0 unspecified atom stereocenters. The Morgan fingerprint density at radius 1 is 1.19 bits per heavy atom. The van der Waals surface area contributed by atoms with Crippen molar-refractivity contribution in [2.75, 3.05) is 40.5 Å². The van der Waals surface area contributed by atoms with Gasteiger partial charge in [-0.1, -0.05) is 12.1 Å². The van der Waals surface area contributed by atoms with Gasteiger partial charge in [0.15, 0.2) is 5.96 Å². The second kappa shape index (κ2) is 11.6. The first kappa shape index (κ1) is 23.0. The van der Waals surface area contributed by atoms with E-state index in [1.165, 1.54) is 18.4 Å². The maximum atomic E-state index is 5.52. The molecule has 1 fully saturated rings. The zero-order valence-electron chi connectivity index (χ0n) is 16.6. The topological polar surface area (TPSA) is 46.1 Å². The van der Waals surface area contributed by atoms with E-state index in [0.29, 0.717) is 12.0 Å². The number of hydrogen-bond acceptors (Lipinski definition) is 3. The van der Waals surface area contributed by atoms with Gasteiger partial charge >= 0.3 is 0 Å². The molecule has 0 bridgehead atoms. The molecule has 0 amide bonds. The zero-order valence-corrected chi connectivity index (χ0v) is 18.9. The fourth-order valence-electron chi connectivity index (χ4n) is 2.98. The van der Waals surface area contributed by atoms with Gasteiger partial charge in [0, 0.05) is 40.4 Å². The van der Waals surface area contributed by atoms with Crippen molar-refractivity contribution in [2.24, 2.45) is 10.4 Å². The van der Waals surface area contributed by atoms with E-state index in [2.05, 4.69) is 41.3 Å². The van der Waals surface area contributed by atoms with Crippen LogP contribution in [0.25, 0.3) is 0 Å². The summed E-state index contributed by atoms with van der Waals surface area (Å²) in [7, 11) is 3.92. The third-order valence-electron chi connectivity index (χ3n) is 4.79. The first-order valence-electron chi connectivity index (χ1n) is 9.33. The molecule has 6 heteroatoms. The Kier molecular flexibility index (Phi) is 10.3. The Labute approximate surface area is 175 Å². The quantitative estimate of drug-likeness (QED) is 0.241. The lowest BCUT2D eigenvalue weighted by Crippen LogP contribution is -2.41. The molecule has 1 aromatic rings. The molecule has 0 atom stereocenters. The third kappa shape index (κ3) is 7.31. The number of ether oxygens (including phenoxy) is 2. The average Bonchev–Trinajstić information content (AvgIpc) is 3.38. The maximum Gasteiger partial charge on any atom is 0.193 e. The number of aliphatic imine (C=N–C) groups is 1. The van der Waals surface area contributed by atoms with Crippen molar-refractivity contribution < 1.29 is 9.47 Å². The maximum absolute atomic E-state index is 5.52. The van der Waals surface area contributed by atoms with Crippen molar-refractivity contribution in [1.82, 2.24) is 10.2 Å². The summed E-state index contributed by atoms with van der Waals surface area (Å²) in [5, 5.41) is 3.55. The van der Waals surface area contributed by atoms with Crippen LogP contribution in [0.5, 0.6) is 5.75 Å². The summed E-state index contributed by atoms with van der Waals surface area (Å²) in [6.45, 7) is 8.20. The predicted molar refractivity (Wildman–Crippen MR) is 119 cm³/mol. The molecule has 0 aliphatic heterocycles. The van der Waals surface area contributed by atoms with E-state index in [1.807, 2.05) is 26.1 Å². The van der Waals surface area contributed by atoms with Crippen LogP contribution in [-0.2, 0) is 11.3 Å². The minimum atomic E-state index is 0. The number of benzene rings is 1. The van der Waals surface area contributed by atoms with Gasteiger partial charge in [0.2, 0.25) is 0 Å². The van der Waals surface area contributed by atoms with E-state index in [9.17, 15) is 0 Å². The van der Waals surface area contributed by atoms with Crippen LogP contribution in [0.1, 0.15) is 38.7 Å². The standard InChI is InChI=1S/C20H33N3O2.HI/c1-5-24-14-13-20(11-12-20)16-22-19(21-3)23(4)15-17-7-9-18(10-8-17)25-6-2;/h7-10H,5-6,11-16H2,1-4H3,(H,21,22);1H. The van der Waals surface area contributed by atoms with Crippen molar-refractivity contribution in [3.05, 3.63) is 29.8 Å². The average molecular weight is 475 g/mol. The Morgan fingerprint density at radius 2 is 1.88 bits per heavy atom. The van der Waals surface area contributed by atoms with Crippen molar-refractivity contribution in [2.45, 2.75) is 39.7 Å². The number of hydrogen-bond donors (Lipinski definition) is 1. The molecule has 0 heterocycles. The molecule has 2 rings (SSSR count).